The predicted octanol–water partition coefficient (Wildman–Crippen LogP) is 7.12. The molecule has 0 saturated carbocycles. The number of alkyl halides is 3. The van der Waals surface area contributed by atoms with Crippen LogP contribution in [-0.2, 0) is 6.18 Å². The Morgan fingerprint density at radius 2 is 1.57 bits per heavy atom. The molecule has 0 aliphatic heterocycles. The van der Waals surface area contributed by atoms with Crippen LogP contribution in [0.2, 0.25) is 5.02 Å². The topological polar surface area (TPSA) is 41.6 Å². The Morgan fingerprint density at radius 1 is 0.833 bits per heavy atom. The molecule has 148 valence electrons. The number of aromatic nitrogens is 3. The molecule has 1 N–H and O–H groups in total. The van der Waals surface area contributed by atoms with Gasteiger partial charge in [-0.3, -0.25) is 4.98 Å². The Balaban J connectivity index is 1.71. The lowest BCUT2D eigenvalue weighted by molar-refractivity contribution is -0.137. The zero-order valence-corrected chi connectivity index (χ0v) is 16.1. The van der Waals surface area contributed by atoms with Crippen LogP contribution >= 0.6 is 11.6 Å². The number of H-pyrrole nitrogens is 1. The Bertz CT molecular complexity index is 1410. The van der Waals surface area contributed by atoms with E-state index in [1.807, 2.05) is 36.4 Å². The summed E-state index contributed by atoms with van der Waals surface area (Å²) in [6.07, 6.45) is -2.73. The van der Waals surface area contributed by atoms with Crippen molar-refractivity contribution in [1.82, 2.24) is 15.0 Å². The van der Waals surface area contributed by atoms with Crippen molar-refractivity contribution in [3.63, 3.8) is 0 Å². The van der Waals surface area contributed by atoms with E-state index in [2.05, 4.69) is 15.0 Å². The summed E-state index contributed by atoms with van der Waals surface area (Å²) in [5.41, 5.74) is 2.41. The van der Waals surface area contributed by atoms with Crippen molar-refractivity contribution >= 4 is 33.4 Å². The van der Waals surface area contributed by atoms with Gasteiger partial charge in [-0.1, -0.05) is 41.9 Å². The quantitative estimate of drug-likeness (QED) is 0.328. The van der Waals surface area contributed by atoms with Crippen LogP contribution in [0.4, 0.5) is 13.2 Å². The first kappa shape index (κ1) is 18.6. The maximum atomic E-state index is 13.0. The van der Waals surface area contributed by atoms with E-state index in [1.165, 1.54) is 6.07 Å². The summed E-state index contributed by atoms with van der Waals surface area (Å²) in [5, 5.41) is 2.36. The number of rotatable bonds is 2. The van der Waals surface area contributed by atoms with Crippen molar-refractivity contribution in [3.05, 3.63) is 83.5 Å². The number of aromatic amines is 1. The molecule has 5 rings (SSSR count). The van der Waals surface area contributed by atoms with E-state index in [-0.39, 0.29) is 0 Å². The number of nitrogens with one attached hydrogen (secondary N) is 1. The number of fused-ring (bicyclic) bond motifs is 2. The molecule has 2 aromatic heterocycles. The Kier molecular flexibility index (Phi) is 4.25. The molecular weight excluding hydrogens is 411 g/mol. The van der Waals surface area contributed by atoms with Gasteiger partial charge in [0.05, 0.1) is 27.3 Å². The van der Waals surface area contributed by atoms with Gasteiger partial charge in [0.2, 0.25) is 0 Å². The van der Waals surface area contributed by atoms with Gasteiger partial charge in [-0.05, 0) is 47.2 Å². The van der Waals surface area contributed by atoms with E-state index >= 15 is 0 Å². The minimum Gasteiger partial charge on any atom is -0.338 e. The number of hydrogen-bond donors (Lipinski definition) is 1. The third-order valence-corrected chi connectivity index (χ3v) is 5.31. The first-order valence-corrected chi connectivity index (χ1v) is 9.49. The van der Waals surface area contributed by atoms with E-state index in [0.29, 0.717) is 27.6 Å². The Hall–Kier alpha value is -3.38. The van der Waals surface area contributed by atoms with Gasteiger partial charge in [0, 0.05) is 17.3 Å². The SMILES string of the molecule is FC(F)(F)c1ccc2nc(-c3ccc(-c4ncccc4Cl)c4ccccc34)[nH]c2c1. The molecule has 3 nitrogen and oxygen atoms in total. The molecule has 5 aromatic rings. The zero-order chi connectivity index (χ0) is 20.9. The van der Waals surface area contributed by atoms with Crippen LogP contribution < -0.4 is 0 Å². The van der Waals surface area contributed by atoms with Gasteiger partial charge < -0.3 is 4.98 Å². The minimum absolute atomic E-state index is 0.334. The lowest BCUT2D eigenvalue weighted by Gasteiger charge is -2.10. The van der Waals surface area contributed by atoms with Crippen molar-refractivity contribution in [3.8, 4) is 22.6 Å². The summed E-state index contributed by atoms with van der Waals surface area (Å²) in [4.78, 5) is 12.0. The van der Waals surface area contributed by atoms with Gasteiger partial charge in [-0.2, -0.15) is 13.2 Å². The highest BCUT2D eigenvalue weighted by atomic mass is 35.5. The predicted molar refractivity (Wildman–Crippen MR) is 112 cm³/mol. The molecule has 0 radical (unpaired) electrons. The Labute approximate surface area is 174 Å². The van der Waals surface area contributed by atoms with Crippen LogP contribution in [0.3, 0.4) is 0 Å². The van der Waals surface area contributed by atoms with Crippen LogP contribution in [0.15, 0.2) is 72.9 Å². The molecule has 0 unspecified atom stereocenters. The number of hydrogen-bond acceptors (Lipinski definition) is 2. The van der Waals surface area contributed by atoms with Gasteiger partial charge in [0.15, 0.2) is 0 Å². The lowest BCUT2D eigenvalue weighted by atomic mass is 9.97. The number of benzene rings is 3. The maximum absolute atomic E-state index is 13.0. The Morgan fingerprint density at radius 3 is 2.30 bits per heavy atom. The fourth-order valence-corrected chi connectivity index (χ4v) is 3.83. The minimum atomic E-state index is -4.41. The zero-order valence-electron chi connectivity index (χ0n) is 15.3. The third kappa shape index (κ3) is 3.09. The van der Waals surface area contributed by atoms with Gasteiger partial charge in [-0.25, -0.2) is 4.98 Å². The van der Waals surface area contributed by atoms with Gasteiger partial charge in [-0.15, -0.1) is 0 Å². The molecule has 2 heterocycles. The fraction of sp³-hybridized carbons (Fsp3) is 0.0435. The molecule has 0 aliphatic carbocycles. The molecule has 7 heteroatoms. The van der Waals surface area contributed by atoms with Crippen molar-refractivity contribution in [2.24, 2.45) is 0 Å². The second-order valence-corrected chi connectivity index (χ2v) is 7.26. The molecule has 0 amide bonds. The van der Waals surface area contributed by atoms with Crippen LogP contribution in [0.25, 0.3) is 44.5 Å². The van der Waals surface area contributed by atoms with E-state index < -0.39 is 11.7 Å². The van der Waals surface area contributed by atoms with Crippen LogP contribution in [0.5, 0.6) is 0 Å². The summed E-state index contributed by atoms with van der Waals surface area (Å²) in [6.45, 7) is 0. The van der Waals surface area contributed by atoms with Crippen molar-refractivity contribution in [1.29, 1.82) is 0 Å². The fourth-order valence-electron chi connectivity index (χ4n) is 3.61. The van der Waals surface area contributed by atoms with E-state index in [0.717, 1.165) is 34.0 Å². The monoisotopic (exact) mass is 423 g/mol. The number of pyridine rings is 1. The first-order valence-electron chi connectivity index (χ1n) is 9.12. The largest absolute Gasteiger partial charge is 0.416 e. The highest BCUT2D eigenvalue weighted by Gasteiger charge is 2.30. The number of imidazole rings is 1. The lowest BCUT2D eigenvalue weighted by Crippen LogP contribution is -2.04. The highest BCUT2D eigenvalue weighted by molar-refractivity contribution is 6.33. The summed E-state index contributed by atoms with van der Waals surface area (Å²) in [7, 11) is 0. The normalized spacial score (nSPS) is 12.0. The van der Waals surface area contributed by atoms with Crippen molar-refractivity contribution in [2.45, 2.75) is 6.18 Å². The smallest absolute Gasteiger partial charge is 0.338 e. The van der Waals surface area contributed by atoms with Crippen LogP contribution in [0, 0.1) is 0 Å². The third-order valence-electron chi connectivity index (χ3n) is 5.00. The molecule has 0 aliphatic rings. The highest BCUT2D eigenvalue weighted by Crippen LogP contribution is 2.37. The molecule has 0 bridgehead atoms. The second-order valence-electron chi connectivity index (χ2n) is 6.86. The van der Waals surface area contributed by atoms with Crippen molar-refractivity contribution < 1.29 is 13.2 Å². The first-order chi connectivity index (χ1) is 14.4. The molecule has 30 heavy (non-hydrogen) atoms. The van der Waals surface area contributed by atoms with Crippen LogP contribution in [-0.4, -0.2) is 15.0 Å². The standard InChI is InChI=1S/C23H13ClF3N3/c24-18-6-3-11-28-21(18)16-8-9-17(15-5-2-1-4-14(15)16)22-29-19-10-7-13(23(25,26)27)12-20(19)30-22/h1-12H,(H,29,30). The molecule has 0 spiro atoms. The summed E-state index contributed by atoms with van der Waals surface area (Å²) in [6, 6.07) is 18.6. The molecule has 0 atom stereocenters. The molecule has 3 aromatic carbocycles. The second kappa shape index (κ2) is 6.85. The van der Waals surface area contributed by atoms with Crippen LogP contribution in [0.1, 0.15) is 5.56 Å². The van der Waals surface area contributed by atoms with Gasteiger partial charge in [0.25, 0.3) is 0 Å². The average molecular weight is 424 g/mol. The summed E-state index contributed by atoms with van der Waals surface area (Å²) in [5.74, 6) is 0.499. The van der Waals surface area contributed by atoms with E-state index in [4.69, 9.17) is 11.6 Å². The molecular formula is C23H13ClF3N3. The van der Waals surface area contributed by atoms with E-state index in [1.54, 1.807) is 18.3 Å². The molecule has 0 saturated heterocycles. The van der Waals surface area contributed by atoms with Gasteiger partial charge in [0.1, 0.15) is 5.82 Å². The molecule has 0 fully saturated rings. The number of nitrogens with zero attached hydrogens (tertiary/aromatic N) is 2. The summed E-state index contributed by atoms with van der Waals surface area (Å²) >= 11 is 6.35. The number of halogens is 4. The average Bonchev–Trinajstić information content (AvgIpc) is 3.16. The maximum Gasteiger partial charge on any atom is 0.416 e. The summed E-state index contributed by atoms with van der Waals surface area (Å²) < 4.78 is 39.1. The van der Waals surface area contributed by atoms with Gasteiger partial charge >= 0.3 is 6.18 Å². The van der Waals surface area contributed by atoms with E-state index in [9.17, 15) is 13.2 Å². The van der Waals surface area contributed by atoms with Crippen molar-refractivity contribution in [2.75, 3.05) is 0 Å².